The smallest absolute Gasteiger partial charge is 0.209 e. The fraction of sp³-hybridized carbons (Fsp3) is 0.909. The Balaban J connectivity index is 1.55. The summed E-state index contributed by atoms with van der Waals surface area (Å²) in [5.74, 6) is 3.94. The number of thioether (sulfide) groups is 1. The second-order valence-corrected chi connectivity index (χ2v) is 6.14. The molecular weight excluding hydrogens is 236 g/mol. The van der Waals surface area contributed by atoms with Crippen LogP contribution in [0.5, 0.6) is 0 Å². The van der Waals surface area contributed by atoms with E-state index in [0.29, 0.717) is 6.54 Å². The zero-order chi connectivity index (χ0) is 11.7. The standard InChI is InChI=1S/C11H18N4OS/c16-4-3-15-11(12-13-14-15)17-7-10-6-8-1-2-9(10)5-8/h8-10,16H,1-7H2. The van der Waals surface area contributed by atoms with E-state index >= 15 is 0 Å². The zero-order valence-electron chi connectivity index (χ0n) is 9.83. The molecule has 3 unspecified atom stereocenters. The van der Waals surface area contributed by atoms with E-state index in [-0.39, 0.29) is 6.61 Å². The largest absolute Gasteiger partial charge is 0.394 e. The Bertz CT molecular complexity index is 383. The molecular formula is C11H18N4OS. The van der Waals surface area contributed by atoms with E-state index in [4.69, 9.17) is 5.11 Å². The maximum atomic E-state index is 8.90. The van der Waals surface area contributed by atoms with Gasteiger partial charge in [0.25, 0.3) is 0 Å². The van der Waals surface area contributed by atoms with Crippen LogP contribution in [0, 0.1) is 17.8 Å². The molecule has 2 fully saturated rings. The fourth-order valence-corrected chi connectivity index (χ4v) is 4.44. The molecule has 0 saturated heterocycles. The second-order valence-electron chi connectivity index (χ2n) is 5.15. The SMILES string of the molecule is OCCn1nnnc1SCC1CC2CCC1C2. The van der Waals surface area contributed by atoms with Crippen LogP contribution in [0.15, 0.2) is 5.16 Å². The van der Waals surface area contributed by atoms with Gasteiger partial charge in [0.1, 0.15) is 0 Å². The summed E-state index contributed by atoms with van der Waals surface area (Å²) in [6.45, 7) is 0.582. The number of aliphatic hydroxyl groups is 1. The van der Waals surface area contributed by atoms with Crippen molar-refractivity contribution in [2.75, 3.05) is 12.4 Å². The van der Waals surface area contributed by atoms with Gasteiger partial charge in [0.05, 0.1) is 13.2 Å². The first-order valence-electron chi connectivity index (χ1n) is 6.36. The molecule has 2 aliphatic carbocycles. The normalized spacial score (nSPS) is 31.2. The van der Waals surface area contributed by atoms with Crippen LogP contribution in [0.2, 0.25) is 0 Å². The highest BCUT2D eigenvalue weighted by Gasteiger charge is 2.39. The van der Waals surface area contributed by atoms with Gasteiger partial charge in [0, 0.05) is 5.75 Å². The molecule has 5 nitrogen and oxygen atoms in total. The van der Waals surface area contributed by atoms with Gasteiger partial charge in [-0.3, -0.25) is 0 Å². The summed E-state index contributed by atoms with van der Waals surface area (Å²) in [5.41, 5.74) is 0. The van der Waals surface area contributed by atoms with Gasteiger partial charge in [-0.15, -0.1) is 5.10 Å². The van der Waals surface area contributed by atoms with Gasteiger partial charge in [-0.05, 0) is 47.4 Å². The van der Waals surface area contributed by atoms with E-state index in [1.165, 1.54) is 25.7 Å². The molecule has 0 aliphatic heterocycles. The monoisotopic (exact) mass is 254 g/mol. The van der Waals surface area contributed by atoms with E-state index in [1.54, 1.807) is 16.4 Å². The van der Waals surface area contributed by atoms with Crippen LogP contribution < -0.4 is 0 Å². The van der Waals surface area contributed by atoms with Crippen molar-refractivity contribution < 1.29 is 5.11 Å². The van der Waals surface area contributed by atoms with Gasteiger partial charge in [-0.2, -0.15) is 0 Å². The number of rotatable bonds is 5. The van der Waals surface area contributed by atoms with Crippen LogP contribution in [0.4, 0.5) is 0 Å². The minimum atomic E-state index is 0.0900. The highest BCUT2D eigenvalue weighted by Crippen LogP contribution is 2.49. The Labute approximate surface area is 105 Å². The lowest BCUT2D eigenvalue weighted by molar-refractivity contribution is 0.262. The van der Waals surface area contributed by atoms with Crippen molar-refractivity contribution in [2.45, 2.75) is 37.4 Å². The minimum Gasteiger partial charge on any atom is -0.394 e. The summed E-state index contributed by atoms with van der Waals surface area (Å²) in [6, 6.07) is 0. The highest BCUT2D eigenvalue weighted by atomic mass is 32.2. The number of aliphatic hydroxyl groups excluding tert-OH is 1. The summed E-state index contributed by atoms with van der Waals surface area (Å²) >= 11 is 1.75. The van der Waals surface area contributed by atoms with Gasteiger partial charge in [-0.25, -0.2) is 4.68 Å². The molecule has 1 N–H and O–H groups in total. The maximum Gasteiger partial charge on any atom is 0.209 e. The van der Waals surface area contributed by atoms with E-state index in [1.807, 2.05) is 0 Å². The van der Waals surface area contributed by atoms with Gasteiger partial charge >= 0.3 is 0 Å². The fourth-order valence-electron chi connectivity index (χ4n) is 3.30. The summed E-state index contributed by atoms with van der Waals surface area (Å²) in [5, 5.41) is 21.3. The summed E-state index contributed by atoms with van der Waals surface area (Å²) in [6.07, 6.45) is 5.73. The van der Waals surface area contributed by atoms with Crippen LogP contribution in [-0.4, -0.2) is 37.7 Å². The number of fused-ring (bicyclic) bond motifs is 2. The van der Waals surface area contributed by atoms with Crippen LogP contribution >= 0.6 is 11.8 Å². The second kappa shape index (κ2) is 4.94. The molecule has 1 aromatic heterocycles. The van der Waals surface area contributed by atoms with Crippen LogP contribution in [0.3, 0.4) is 0 Å². The first-order valence-corrected chi connectivity index (χ1v) is 7.35. The Morgan fingerprint density at radius 2 is 2.29 bits per heavy atom. The number of tetrazole rings is 1. The lowest BCUT2D eigenvalue weighted by Crippen LogP contribution is -2.13. The molecule has 94 valence electrons. The Morgan fingerprint density at radius 1 is 1.35 bits per heavy atom. The molecule has 3 rings (SSSR count). The number of hydrogen-bond acceptors (Lipinski definition) is 5. The first kappa shape index (κ1) is 11.5. The predicted octanol–water partition coefficient (Wildman–Crippen LogP) is 1.19. The lowest BCUT2D eigenvalue weighted by Gasteiger charge is -2.20. The molecule has 0 radical (unpaired) electrons. The van der Waals surface area contributed by atoms with E-state index in [9.17, 15) is 0 Å². The Kier molecular flexibility index (Phi) is 3.33. The Hall–Kier alpha value is -0.620. The molecule has 2 saturated carbocycles. The number of nitrogens with zero attached hydrogens (tertiary/aromatic N) is 4. The molecule has 6 heteroatoms. The molecule has 1 aromatic rings. The molecule has 2 bridgehead atoms. The van der Waals surface area contributed by atoms with Crippen molar-refractivity contribution in [3.05, 3.63) is 0 Å². The zero-order valence-corrected chi connectivity index (χ0v) is 10.6. The van der Waals surface area contributed by atoms with Gasteiger partial charge in [-0.1, -0.05) is 18.2 Å². The minimum absolute atomic E-state index is 0.0900. The van der Waals surface area contributed by atoms with Gasteiger partial charge < -0.3 is 5.11 Å². The third kappa shape index (κ3) is 2.33. The number of aromatic nitrogens is 4. The van der Waals surface area contributed by atoms with Gasteiger partial charge in [0.15, 0.2) is 0 Å². The van der Waals surface area contributed by atoms with Crippen molar-refractivity contribution in [1.82, 2.24) is 20.2 Å². The van der Waals surface area contributed by atoms with Crippen molar-refractivity contribution in [2.24, 2.45) is 17.8 Å². The average molecular weight is 254 g/mol. The molecule has 17 heavy (non-hydrogen) atoms. The summed E-state index contributed by atoms with van der Waals surface area (Å²) < 4.78 is 1.69. The van der Waals surface area contributed by atoms with E-state index in [0.717, 1.165) is 28.7 Å². The van der Waals surface area contributed by atoms with E-state index < -0.39 is 0 Å². The molecule has 0 spiro atoms. The van der Waals surface area contributed by atoms with Crippen molar-refractivity contribution in [3.8, 4) is 0 Å². The third-order valence-corrected chi connectivity index (χ3v) is 5.27. The summed E-state index contributed by atoms with van der Waals surface area (Å²) in [7, 11) is 0. The van der Waals surface area contributed by atoms with Crippen LogP contribution in [-0.2, 0) is 6.54 Å². The highest BCUT2D eigenvalue weighted by molar-refractivity contribution is 7.99. The molecule has 1 heterocycles. The number of hydrogen-bond donors (Lipinski definition) is 1. The first-order chi connectivity index (χ1) is 8.36. The van der Waals surface area contributed by atoms with Crippen LogP contribution in [0.1, 0.15) is 25.7 Å². The van der Waals surface area contributed by atoms with Crippen molar-refractivity contribution in [3.63, 3.8) is 0 Å². The molecule has 3 atom stereocenters. The summed E-state index contributed by atoms with van der Waals surface area (Å²) in [4.78, 5) is 0. The Morgan fingerprint density at radius 3 is 3.00 bits per heavy atom. The average Bonchev–Trinajstić information content (AvgIpc) is 3.02. The molecule has 0 aromatic carbocycles. The molecule has 0 amide bonds. The quantitative estimate of drug-likeness (QED) is 0.800. The molecule has 2 aliphatic rings. The topological polar surface area (TPSA) is 63.8 Å². The van der Waals surface area contributed by atoms with Crippen molar-refractivity contribution >= 4 is 11.8 Å². The third-order valence-electron chi connectivity index (χ3n) is 4.12. The van der Waals surface area contributed by atoms with Crippen LogP contribution in [0.25, 0.3) is 0 Å². The van der Waals surface area contributed by atoms with Gasteiger partial charge in [0.2, 0.25) is 5.16 Å². The maximum absolute atomic E-state index is 8.90. The van der Waals surface area contributed by atoms with Crippen molar-refractivity contribution in [1.29, 1.82) is 0 Å². The lowest BCUT2D eigenvalue weighted by atomic mass is 9.90. The van der Waals surface area contributed by atoms with E-state index in [2.05, 4.69) is 15.5 Å². The predicted molar refractivity (Wildman–Crippen MR) is 64.6 cm³/mol.